The Balaban J connectivity index is 2.24. The first-order valence-corrected chi connectivity index (χ1v) is 6.54. The molecule has 4 heteroatoms. The number of aromatic nitrogens is 2. The van der Waals surface area contributed by atoms with Gasteiger partial charge in [0.15, 0.2) is 0 Å². The quantitative estimate of drug-likeness (QED) is 0.859. The minimum atomic E-state index is 0.371. The zero-order valence-electron chi connectivity index (χ0n) is 10.0. The van der Waals surface area contributed by atoms with Crippen LogP contribution in [0.2, 0.25) is 5.02 Å². The van der Waals surface area contributed by atoms with Crippen molar-refractivity contribution in [3.63, 3.8) is 0 Å². The van der Waals surface area contributed by atoms with E-state index in [2.05, 4.69) is 22.0 Å². The van der Waals surface area contributed by atoms with Crippen LogP contribution in [0.15, 0.2) is 6.20 Å². The minimum Gasteiger partial charge on any atom is -0.311 e. The van der Waals surface area contributed by atoms with Crippen molar-refractivity contribution in [3.8, 4) is 0 Å². The molecule has 0 spiro atoms. The van der Waals surface area contributed by atoms with Gasteiger partial charge in [-0.2, -0.15) is 5.10 Å². The second-order valence-electron chi connectivity index (χ2n) is 4.56. The average Bonchev–Trinajstić information content (AvgIpc) is 2.54. The van der Waals surface area contributed by atoms with Crippen molar-refractivity contribution >= 4 is 11.6 Å². The summed E-state index contributed by atoms with van der Waals surface area (Å²) in [5.74, 6) is 0.731. The number of nitrogens with one attached hydrogen (secondary N) is 1. The van der Waals surface area contributed by atoms with E-state index in [-0.39, 0.29) is 0 Å². The topological polar surface area (TPSA) is 29.9 Å². The normalized spacial score (nSPS) is 18.4. The van der Waals surface area contributed by atoms with Crippen molar-refractivity contribution in [3.05, 3.63) is 16.9 Å². The summed E-state index contributed by atoms with van der Waals surface area (Å²) >= 11 is 6.26. The molecule has 0 amide bonds. The summed E-state index contributed by atoms with van der Waals surface area (Å²) in [6.45, 7) is 3.12. The second kappa shape index (κ2) is 5.19. The molecule has 16 heavy (non-hydrogen) atoms. The number of hydrogen-bond acceptors (Lipinski definition) is 2. The Morgan fingerprint density at radius 3 is 2.88 bits per heavy atom. The molecule has 1 atom stereocenters. The van der Waals surface area contributed by atoms with Gasteiger partial charge in [-0.1, -0.05) is 24.9 Å². The van der Waals surface area contributed by atoms with E-state index >= 15 is 0 Å². The third kappa shape index (κ3) is 2.11. The molecule has 1 aliphatic carbocycles. The fourth-order valence-corrected chi connectivity index (χ4v) is 2.70. The van der Waals surface area contributed by atoms with Crippen LogP contribution in [0.3, 0.4) is 0 Å². The summed E-state index contributed by atoms with van der Waals surface area (Å²) in [5, 5.41) is 8.57. The lowest BCUT2D eigenvalue weighted by molar-refractivity contribution is 0.230. The molecule has 0 saturated heterocycles. The Kier molecular flexibility index (Phi) is 3.87. The van der Waals surface area contributed by atoms with Crippen LogP contribution in [0.25, 0.3) is 0 Å². The average molecular weight is 242 g/mol. The Hall–Kier alpha value is -0.540. The Labute approximate surface area is 102 Å². The molecule has 1 aromatic rings. The molecule has 1 heterocycles. The Morgan fingerprint density at radius 2 is 2.38 bits per heavy atom. The number of aryl methyl sites for hydroxylation is 1. The highest BCUT2D eigenvalue weighted by molar-refractivity contribution is 6.31. The van der Waals surface area contributed by atoms with E-state index in [0.29, 0.717) is 6.04 Å². The first kappa shape index (κ1) is 11.9. The van der Waals surface area contributed by atoms with Gasteiger partial charge in [0.05, 0.1) is 23.0 Å². The lowest BCUT2D eigenvalue weighted by Gasteiger charge is -2.34. The van der Waals surface area contributed by atoms with Gasteiger partial charge < -0.3 is 5.32 Å². The summed E-state index contributed by atoms with van der Waals surface area (Å²) < 4.78 is 2.06. The van der Waals surface area contributed by atoms with E-state index in [1.54, 1.807) is 6.20 Å². The van der Waals surface area contributed by atoms with Crippen molar-refractivity contribution < 1.29 is 0 Å². The fraction of sp³-hybridized carbons (Fsp3) is 0.750. The highest BCUT2D eigenvalue weighted by Crippen LogP contribution is 2.39. The third-order valence-electron chi connectivity index (χ3n) is 3.50. The fourth-order valence-electron chi connectivity index (χ4n) is 2.44. The molecule has 0 aliphatic heterocycles. The molecule has 2 rings (SSSR count). The molecule has 1 aliphatic rings. The molecular formula is C12H20ClN3. The molecule has 0 bridgehead atoms. The predicted molar refractivity (Wildman–Crippen MR) is 66.7 cm³/mol. The van der Waals surface area contributed by atoms with E-state index in [4.69, 9.17) is 11.6 Å². The molecule has 1 unspecified atom stereocenters. The zero-order chi connectivity index (χ0) is 11.5. The number of hydrogen-bond donors (Lipinski definition) is 1. The number of nitrogens with zero attached hydrogens (tertiary/aromatic N) is 2. The highest BCUT2D eigenvalue weighted by Gasteiger charge is 2.31. The van der Waals surface area contributed by atoms with E-state index < -0.39 is 0 Å². The van der Waals surface area contributed by atoms with Crippen LogP contribution in [0.4, 0.5) is 0 Å². The van der Waals surface area contributed by atoms with Gasteiger partial charge in [0, 0.05) is 6.54 Å². The molecule has 90 valence electrons. The summed E-state index contributed by atoms with van der Waals surface area (Å²) in [6.07, 6.45) is 6.82. The lowest BCUT2D eigenvalue weighted by atomic mass is 9.78. The van der Waals surface area contributed by atoms with Crippen molar-refractivity contribution in [1.29, 1.82) is 0 Å². The van der Waals surface area contributed by atoms with Crippen molar-refractivity contribution in [2.75, 3.05) is 7.05 Å². The Morgan fingerprint density at radius 1 is 1.62 bits per heavy atom. The molecular weight excluding hydrogens is 222 g/mol. The maximum absolute atomic E-state index is 6.26. The summed E-state index contributed by atoms with van der Waals surface area (Å²) in [6, 6.07) is 0.371. The van der Waals surface area contributed by atoms with Crippen molar-refractivity contribution in [2.24, 2.45) is 5.92 Å². The van der Waals surface area contributed by atoms with Gasteiger partial charge in [0.1, 0.15) is 0 Å². The minimum absolute atomic E-state index is 0.371. The van der Waals surface area contributed by atoms with Gasteiger partial charge in [0.2, 0.25) is 0 Å². The van der Waals surface area contributed by atoms with Crippen LogP contribution in [-0.2, 0) is 6.54 Å². The van der Waals surface area contributed by atoms with Gasteiger partial charge in [-0.15, -0.1) is 0 Å². The molecule has 1 fully saturated rings. The number of rotatable bonds is 5. The van der Waals surface area contributed by atoms with E-state index in [1.807, 2.05) is 7.05 Å². The van der Waals surface area contributed by atoms with Crippen LogP contribution in [0.1, 0.15) is 44.3 Å². The van der Waals surface area contributed by atoms with Crippen molar-refractivity contribution in [1.82, 2.24) is 15.1 Å². The first-order chi connectivity index (χ1) is 7.77. The monoisotopic (exact) mass is 241 g/mol. The van der Waals surface area contributed by atoms with Crippen LogP contribution >= 0.6 is 11.6 Å². The molecule has 0 radical (unpaired) electrons. The van der Waals surface area contributed by atoms with Crippen molar-refractivity contribution in [2.45, 2.75) is 45.2 Å². The summed E-state index contributed by atoms with van der Waals surface area (Å²) in [5.41, 5.74) is 1.18. The Bertz CT molecular complexity index is 344. The third-order valence-corrected chi connectivity index (χ3v) is 3.79. The predicted octanol–water partition coefficient (Wildman–Crippen LogP) is 3.01. The second-order valence-corrected chi connectivity index (χ2v) is 4.97. The molecule has 3 nitrogen and oxygen atoms in total. The van der Waals surface area contributed by atoms with Gasteiger partial charge in [-0.3, -0.25) is 4.68 Å². The van der Waals surface area contributed by atoms with Crippen LogP contribution in [0, 0.1) is 5.92 Å². The first-order valence-electron chi connectivity index (χ1n) is 6.16. The summed E-state index contributed by atoms with van der Waals surface area (Å²) in [7, 11) is 2.02. The van der Waals surface area contributed by atoms with Gasteiger partial charge in [-0.25, -0.2) is 0 Å². The van der Waals surface area contributed by atoms with Gasteiger partial charge in [-0.05, 0) is 32.2 Å². The zero-order valence-corrected chi connectivity index (χ0v) is 10.8. The van der Waals surface area contributed by atoms with Crippen LogP contribution < -0.4 is 5.32 Å². The van der Waals surface area contributed by atoms with E-state index in [1.165, 1.54) is 25.0 Å². The molecule has 1 N–H and O–H groups in total. The van der Waals surface area contributed by atoms with Crippen LogP contribution in [-0.4, -0.2) is 16.8 Å². The highest BCUT2D eigenvalue weighted by atomic mass is 35.5. The molecule has 0 aromatic carbocycles. The smallest absolute Gasteiger partial charge is 0.0834 e. The van der Waals surface area contributed by atoms with E-state index in [9.17, 15) is 0 Å². The SMILES string of the molecule is CCCn1ncc(Cl)c1C(NC)C1CCC1. The molecule has 1 saturated carbocycles. The van der Waals surface area contributed by atoms with E-state index in [0.717, 1.165) is 23.9 Å². The van der Waals surface area contributed by atoms with Gasteiger partial charge in [0.25, 0.3) is 0 Å². The maximum Gasteiger partial charge on any atom is 0.0834 e. The summed E-state index contributed by atoms with van der Waals surface area (Å²) in [4.78, 5) is 0. The number of halogens is 1. The van der Waals surface area contributed by atoms with Crippen LogP contribution in [0.5, 0.6) is 0 Å². The molecule has 1 aromatic heterocycles. The lowest BCUT2D eigenvalue weighted by Crippen LogP contribution is -2.32. The maximum atomic E-state index is 6.26. The standard InChI is InChI=1S/C12H20ClN3/c1-3-7-16-12(10(13)8-15-16)11(14-2)9-5-4-6-9/h8-9,11,14H,3-7H2,1-2H3. The van der Waals surface area contributed by atoms with Gasteiger partial charge >= 0.3 is 0 Å². The largest absolute Gasteiger partial charge is 0.311 e.